The lowest BCUT2D eigenvalue weighted by Gasteiger charge is -2.32. The number of hydrogen-bond donors (Lipinski definition) is 0. The molecule has 1 fully saturated rings. The van der Waals surface area contributed by atoms with E-state index in [1.807, 2.05) is 58.0 Å². The third-order valence-corrected chi connectivity index (χ3v) is 7.22. The molecule has 4 rings (SSSR count). The smallest absolute Gasteiger partial charge is 0.489 e. The molecule has 178 valence electrons. The number of pyridine rings is 1. The fourth-order valence-electron chi connectivity index (χ4n) is 3.79. The van der Waals surface area contributed by atoms with Crippen LogP contribution in [0, 0.1) is 5.82 Å². The topological polar surface area (TPSA) is 49.8 Å². The maximum absolute atomic E-state index is 14.6. The van der Waals surface area contributed by atoms with Gasteiger partial charge < -0.3 is 18.8 Å². The Bertz CT molecular complexity index is 1240. The summed E-state index contributed by atoms with van der Waals surface area (Å²) in [4.78, 5) is 4.38. The predicted octanol–water partition coefficient (Wildman–Crippen LogP) is 6.18. The average Bonchev–Trinajstić information content (AvgIpc) is 3.00. The second-order valence-electron chi connectivity index (χ2n) is 9.00. The molecule has 0 bridgehead atoms. The molecule has 34 heavy (non-hydrogen) atoms. The molecule has 0 atom stereocenters. The summed E-state index contributed by atoms with van der Waals surface area (Å²) in [7, 11) is 2.12. The molecular weight excluding hydrogens is 479 g/mol. The lowest BCUT2D eigenvalue weighted by molar-refractivity contribution is 0.00578. The van der Waals surface area contributed by atoms with E-state index in [0.29, 0.717) is 37.9 Å². The monoisotopic (exact) mass is 503 g/mol. The molecule has 0 N–H and O–H groups in total. The zero-order valence-corrected chi connectivity index (χ0v) is 21.3. The van der Waals surface area contributed by atoms with Gasteiger partial charge in [0, 0.05) is 33.2 Å². The van der Waals surface area contributed by atoms with Crippen molar-refractivity contribution in [2.45, 2.75) is 38.9 Å². The van der Waals surface area contributed by atoms with Crippen LogP contribution in [0.25, 0.3) is 22.4 Å². The molecule has 3 aromatic rings. The molecular formula is C25H25BCl2FNO4. The molecule has 2 heterocycles. The van der Waals surface area contributed by atoms with Gasteiger partial charge in [-0.25, -0.2) is 9.37 Å². The first-order chi connectivity index (χ1) is 16.0. The van der Waals surface area contributed by atoms with E-state index in [-0.39, 0.29) is 11.6 Å². The van der Waals surface area contributed by atoms with Crippen molar-refractivity contribution in [3.05, 3.63) is 58.3 Å². The molecule has 0 amide bonds. The number of aromatic nitrogens is 1. The van der Waals surface area contributed by atoms with Gasteiger partial charge in [0.1, 0.15) is 0 Å². The maximum Gasteiger partial charge on any atom is 0.496 e. The van der Waals surface area contributed by atoms with E-state index in [4.69, 9.17) is 42.0 Å². The molecule has 0 spiro atoms. The minimum absolute atomic E-state index is 0.0276. The summed E-state index contributed by atoms with van der Waals surface area (Å²) >= 11 is 13.7. The second kappa shape index (κ2) is 9.04. The Labute approximate surface area is 209 Å². The van der Waals surface area contributed by atoms with Crippen molar-refractivity contribution in [3.8, 4) is 34.0 Å². The molecule has 2 aromatic carbocycles. The van der Waals surface area contributed by atoms with E-state index in [9.17, 15) is 4.39 Å². The molecule has 0 unspecified atom stereocenters. The second-order valence-corrected chi connectivity index (χ2v) is 9.75. The van der Waals surface area contributed by atoms with Crippen molar-refractivity contribution in [1.82, 2.24) is 4.98 Å². The SMILES string of the molecule is COc1nc(-c2cccc(-c3cccc(B4OC(C)(C)C(C)(C)O4)c3Cl)c2Cl)cc(F)c1OC. The summed E-state index contributed by atoms with van der Waals surface area (Å²) in [6.07, 6.45) is 0. The zero-order valence-electron chi connectivity index (χ0n) is 19.8. The number of methoxy groups -OCH3 is 2. The van der Waals surface area contributed by atoms with Crippen LogP contribution in [0.2, 0.25) is 10.0 Å². The molecule has 5 nitrogen and oxygen atoms in total. The first kappa shape index (κ1) is 24.8. The van der Waals surface area contributed by atoms with Crippen LogP contribution in [0.4, 0.5) is 4.39 Å². The highest BCUT2D eigenvalue weighted by Crippen LogP contribution is 2.42. The summed E-state index contributed by atoms with van der Waals surface area (Å²) in [6, 6.07) is 12.3. The number of halogens is 3. The van der Waals surface area contributed by atoms with Crippen LogP contribution in [0.15, 0.2) is 42.5 Å². The van der Waals surface area contributed by atoms with Gasteiger partial charge in [-0.15, -0.1) is 0 Å². The molecule has 1 saturated heterocycles. The van der Waals surface area contributed by atoms with Crippen LogP contribution in [0.5, 0.6) is 11.6 Å². The molecule has 1 aliphatic rings. The number of hydrogen-bond acceptors (Lipinski definition) is 5. The highest BCUT2D eigenvalue weighted by atomic mass is 35.5. The Morgan fingerprint density at radius 2 is 1.41 bits per heavy atom. The molecule has 0 saturated carbocycles. The predicted molar refractivity (Wildman–Crippen MR) is 134 cm³/mol. The summed E-state index contributed by atoms with van der Waals surface area (Å²) in [6.45, 7) is 7.95. The van der Waals surface area contributed by atoms with Gasteiger partial charge in [0.15, 0.2) is 5.82 Å². The van der Waals surface area contributed by atoms with Crippen molar-refractivity contribution >= 4 is 35.8 Å². The lowest BCUT2D eigenvalue weighted by atomic mass is 9.77. The molecule has 1 aromatic heterocycles. The number of benzene rings is 2. The number of ether oxygens (including phenoxy) is 2. The van der Waals surface area contributed by atoms with Crippen LogP contribution >= 0.6 is 23.2 Å². The number of rotatable bonds is 5. The van der Waals surface area contributed by atoms with E-state index in [1.54, 1.807) is 6.07 Å². The molecule has 1 aliphatic heterocycles. The summed E-state index contributed by atoms with van der Waals surface area (Å²) < 4.78 is 37.2. The molecule has 9 heteroatoms. The van der Waals surface area contributed by atoms with E-state index in [1.165, 1.54) is 20.3 Å². The van der Waals surface area contributed by atoms with E-state index in [0.717, 1.165) is 0 Å². The van der Waals surface area contributed by atoms with Gasteiger partial charge in [-0.05, 0) is 27.7 Å². The summed E-state index contributed by atoms with van der Waals surface area (Å²) in [5.74, 6) is -0.650. The first-order valence-electron chi connectivity index (χ1n) is 10.7. The lowest BCUT2D eigenvalue weighted by Crippen LogP contribution is -2.41. The van der Waals surface area contributed by atoms with E-state index >= 15 is 0 Å². The van der Waals surface area contributed by atoms with Gasteiger partial charge in [-0.2, -0.15) is 0 Å². The standard InChI is InChI=1S/C25H25BCl2FNO4/c1-24(2)25(3,4)34-26(33-24)17-12-8-10-15(21(17)28)14-9-7-11-16(20(14)27)19-13-18(29)22(31-5)23(30-19)32-6/h7-13H,1-6H3. The maximum atomic E-state index is 14.6. The van der Waals surface area contributed by atoms with Crippen LogP contribution in [0.3, 0.4) is 0 Å². The van der Waals surface area contributed by atoms with Gasteiger partial charge in [-0.1, -0.05) is 59.6 Å². The van der Waals surface area contributed by atoms with Crippen molar-refractivity contribution < 1.29 is 23.2 Å². The Morgan fingerprint density at radius 3 is 2.00 bits per heavy atom. The van der Waals surface area contributed by atoms with Gasteiger partial charge in [0.2, 0.25) is 5.75 Å². The third-order valence-electron chi connectivity index (χ3n) is 6.39. The number of nitrogens with zero attached hydrogens (tertiary/aromatic N) is 1. The Hall–Kier alpha value is -2.32. The van der Waals surface area contributed by atoms with Crippen molar-refractivity contribution in [2.75, 3.05) is 14.2 Å². The fourth-order valence-corrected chi connectivity index (χ4v) is 4.43. The zero-order chi connectivity index (χ0) is 24.8. The Kier molecular flexibility index (Phi) is 6.59. The van der Waals surface area contributed by atoms with Gasteiger partial charge in [0.25, 0.3) is 5.88 Å². The normalized spacial score (nSPS) is 16.6. The van der Waals surface area contributed by atoms with Crippen molar-refractivity contribution in [2.24, 2.45) is 0 Å². The Balaban J connectivity index is 1.79. The largest absolute Gasteiger partial charge is 0.496 e. The van der Waals surface area contributed by atoms with Gasteiger partial charge in [-0.3, -0.25) is 0 Å². The van der Waals surface area contributed by atoms with Gasteiger partial charge in [0.05, 0.1) is 36.1 Å². The van der Waals surface area contributed by atoms with Crippen LogP contribution in [0.1, 0.15) is 27.7 Å². The summed E-state index contributed by atoms with van der Waals surface area (Å²) in [5.41, 5.74) is 1.89. The first-order valence-corrected chi connectivity index (χ1v) is 11.5. The molecule has 0 radical (unpaired) electrons. The van der Waals surface area contributed by atoms with Crippen molar-refractivity contribution in [1.29, 1.82) is 0 Å². The average molecular weight is 504 g/mol. The molecule has 0 aliphatic carbocycles. The third kappa shape index (κ3) is 4.15. The van der Waals surface area contributed by atoms with Crippen LogP contribution < -0.4 is 14.9 Å². The fraction of sp³-hybridized carbons (Fsp3) is 0.320. The highest BCUT2D eigenvalue weighted by molar-refractivity contribution is 6.66. The van der Waals surface area contributed by atoms with Crippen LogP contribution in [-0.2, 0) is 9.31 Å². The van der Waals surface area contributed by atoms with Gasteiger partial charge >= 0.3 is 7.12 Å². The van der Waals surface area contributed by atoms with Crippen LogP contribution in [-0.4, -0.2) is 37.5 Å². The van der Waals surface area contributed by atoms with Crippen molar-refractivity contribution in [3.63, 3.8) is 0 Å². The highest BCUT2D eigenvalue weighted by Gasteiger charge is 2.52. The van der Waals surface area contributed by atoms with E-state index < -0.39 is 24.1 Å². The minimum atomic E-state index is -0.624. The summed E-state index contributed by atoms with van der Waals surface area (Å²) in [5, 5.41) is 0.834. The quantitative estimate of drug-likeness (QED) is 0.389. The Morgan fingerprint density at radius 1 is 0.853 bits per heavy atom. The van der Waals surface area contributed by atoms with E-state index in [2.05, 4.69) is 4.98 Å². The minimum Gasteiger partial charge on any atom is -0.489 e.